The summed E-state index contributed by atoms with van der Waals surface area (Å²) in [5.41, 5.74) is 12.4. The molecular weight excluding hydrogens is 787 g/mol. The van der Waals surface area contributed by atoms with Gasteiger partial charge in [-0.2, -0.15) is 0 Å². The molecule has 0 bridgehead atoms. The van der Waals surface area contributed by atoms with Crippen LogP contribution in [0.4, 0.5) is 5.69 Å². The number of carbonyl (C=O) groups excluding carboxylic acids is 7. The van der Waals surface area contributed by atoms with Gasteiger partial charge in [-0.25, -0.2) is 4.79 Å². The first-order valence-corrected chi connectivity index (χ1v) is 20.1. The van der Waals surface area contributed by atoms with Gasteiger partial charge in [0, 0.05) is 49.8 Å². The second kappa shape index (κ2) is 25.0. The van der Waals surface area contributed by atoms with Crippen molar-refractivity contribution >= 4 is 80.4 Å². The van der Waals surface area contributed by atoms with Crippen LogP contribution in [-0.4, -0.2) is 99.6 Å². The molecule has 0 saturated carbocycles. The molecule has 2 rings (SSSR count). The molecule has 0 aliphatic heterocycles. The van der Waals surface area contributed by atoms with Gasteiger partial charge in [0.25, 0.3) is 0 Å². The average molecular weight is 834 g/mol. The largest absolute Gasteiger partial charge is 0.480 e. The van der Waals surface area contributed by atoms with E-state index in [1.165, 1.54) is 31.2 Å². The zero-order valence-electron chi connectivity index (χ0n) is 31.4. The molecule has 4 atom stereocenters. The minimum Gasteiger partial charge on any atom is -0.480 e. The molecule has 2 aromatic rings. The van der Waals surface area contributed by atoms with Gasteiger partial charge in [-0.15, -0.1) is 0 Å². The topological polar surface area (TPSA) is 301 Å². The number of hydrogen-bond acceptors (Lipinski definition) is 15. The summed E-state index contributed by atoms with van der Waals surface area (Å²) in [5.74, 6) is -7.43. The van der Waals surface area contributed by atoms with Crippen LogP contribution < -0.4 is 36.9 Å². The molecule has 4 unspecified atom stereocenters. The van der Waals surface area contributed by atoms with Crippen molar-refractivity contribution in [1.29, 1.82) is 0 Å². The Morgan fingerprint density at radius 2 is 1.26 bits per heavy atom. The van der Waals surface area contributed by atoms with E-state index in [4.69, 9.17) is 31.2 Å². The number of carbonyl (C=O) groups is 9. The summed E-state index contributed by atoms with van der Waals surface area (Å²) >= 11 is 0. The second-order valence-corrected chi connectivity index (χ2v) is 15.3. The second-order valence-electron chi connectivity index (χ2n) is 12.7. The molecule has 3 amide bonds. The number of rotatable bonds is 26. The van der Waals surface area contributed by atoms with Crippen LogP contribution in [0, 0.1) is 12.8 Å². The van der Waals surface area contributed by atoms with Crippen molar-refractivity contribution in [3.63, 3.8) is 0 Å². The number of aryl methyl sites for hydroxylation is 1. The fourth-order valence-electron chi connectivity index (χ4n) is 4.65. The Morgan fingerprint density at radius 3 is 1.84 bits per heavy atom. The Balaban J connectivity index is 2.06. The van der Waals surface area contributed by atoms with Gasteiger partial charge in [0.15, 0.2) is 5.78 Å². The van der Waals surface area contributed by atoms with Crippen LogP contribution in [0.15, 0.2) is 48.5 Å². The molecule has 20 heteroatoms. The smallest absolute Gasteiger partial charge is 0.330 e. The average Bonchev–Trinajstić information content (AvgIpc) is 3.15. The number of aliphatic carboxylic acids is 2. The molecule has 310 valence electrons. The highest BCUT2D eigenvalue weighted by Crippen LogP contribution is 2.27. The number of nitrogens with two attached hydrogens (primary N) is 2. The normalized spacial score (nSPS) is 12.8. The van der Waals surface area contributed by atoms with Crippen molar-refractivity contribution in [3.8, 4) is 11.5 Å². The van der Waals surface area contributed by atoms with E-state index in [9.17, 15) is 43.2 Å². The number of esters is 2. The van der Waals surface area contributed by atoms with E-state index in [1.54, 1.807) is 24.3 Å². The number of ether oxygens (including phenoxy) is 2. The predicted molar refractivity (Wildman–Crippen MR) is 210 cm³/mol. The Hall–Kier alpha value is -5.31. The van der Waals surface area contributed by atoms with E-state index >= 15 is 0 Å². The third-order valence-electron chi connectivity index (χ3n) is 7.85. The van der Waals surface area contributed by atoms with E-state index < -0.39 is 77.8 Å². The fraction of sp³-hybridized carbons (Fsp3) is 0.432. The molecule has 57 heavy (non-hydrogen) atoms. The molecule has 0 radical (unpaired) electrons. The molecular formula is C37H47N5O13S2. The highest BCUT2D eigenvalue weighted by Gasteiger charge is 2.26. The maximum atomic E-state index is 13.2. The molecule has 0 aliphatic carbocycles. The van der Waals surface area contributed by atoms with Crippen LogP contribution >= 0.6 is 21.6 Å². The first-order valence-electron chi connectivity index (χ1n) is 17.6. The maximum Gasteiger partial charge on any atom is 0.330 e. The summed E-state index contributed by atoms with van der Waals surface area (Å²) in [5, 5.41) is 25.6. The quantitative estimate of drug-likeness (QED) is 0.0307. The lowest BCUT2D eigenvalue weighted by molar-refractivity contribution is -0.140. The number of carboxylic acids is 2. The third-order valence-corrected chi connectivity index (χ3v) is 10.3. The first-order chi connectivity index (χ1) is 26.9. The Kier molecular flexibility index (Phi) is 21.0. The van der Waals surface area contributed by atoms with Crippen LogP contribution in [0.5, 0.6) is 11.5 Å². The molecule has 0 aliphatic rings. The van der Waals surface area contributed by atoms with Crippen molar-refractivity contribution in [2.75, 3.05) is 23.4 Å². The summed E-state index contributed by atoms with van der Waals surface area (Å²) in [4.78, 5) is 110. The number of anilines is 1. The lowest BCUT2D eigenvalue weighted by Gasteiger charge is -2.19. The van der Waals surface area contributed by atoms with E-state index in [0.717, 1.165) is 27.2 Å². The van der Waals surface area contributed by atoms with Crippen molar-refractivity contribution in [3.05, 3.63) is 54.1 Å². The van der Waals surface area contributed by atoms with Crippen LogP contribution in [0.2, 0.25) is 0 Å². The Labute approximate surface area is 336 Å². The van der Waals surface area contributed by atoms with Crippen molar-refractivity contribution in [2.45, 2.75) is 76.9 Å². The number of nitrogens with one attached hydrogen (secondary N) is 3. The number of ketones is 2. The van der Waals surface area contributed by atoms with Gasteiger partial charge in [-0.3, -0.25) is 38.4 Å². The molecule has 0 saturated heterocycles. The van der Waals surface area contributed by atoms with Crippen LogP contribution in [0.1, 0.15) is 57.4 Å². The number of hydrogen-bond donors (Lipinski definition) is 7. The molecule has 9 N–H and O–H groups in total. The highest BCUT2D eigenvalue weighted by molar-refractivity contribution is 8.76. The van der Waals surface area contributed by atoms with Crippen molar-refractivity contribution in [1.82, 2.24) is 10.6 Å². The lowest BCUT2D eigenvalue weighted by Crippen LogP contribution is -2.43. The minimum absolute atomic E-state index is 0.0297. The highest BCUT2D eigenvalue weighted by atomic mass is 33.1. The molecule has 0 fully saturated rings. The zero-order valence-corrected chi connectivity index (χ0v) is 33.0. The van der Waals surface area contributed by atoms with Crippen molar-refractivity contribution in [2.24, 2.45) is 17.4 Å². The molecule has 2 aromatic carbocycles. The van der Waals surface area contributed by atoms with E-state index in [0.29, 0.717) is 5.69 Å². The molecule has 0 spiro atoms. The molecule has 18 nitrogen and oxygen atoms in total. The number of carboxylic acid groups (broad SMARTS) is 2. The van der Waals surface area contributed by atoms with Gasteiger partial charge >= 0.3 is 23.9 Å². The SMILES string of the molecule is CC(=O)Nc1ccc(OC(=O)CNC(=O)C(CSSCC(NC(=O)CCC(N)C(=O)O)C(=O)CCC(=O)Oc2ccc(C)cc2)CC(=O)CCC(N)C(=O)O)cc1. The van der Waals surface area contributed by atoms with Crippen molar-refractivity contribution < 1.29 is 62.8 Å². The van der Waals surface area contributed by atoms with Gasteiger partial charge in [0.1, 0.15) is 35.9 Å². The van der Waals surface area contributed by atoms with Gasteiger partial charge in [0.05, 0.1) is 18.4 Å². The van der Waals surface area contributed by atoms with Gasteiger partial charge < -0.3 is 47.1 Å². The van der Waals surface area contributed by atoms with Gasteiger partial charge in [-0.1, -0.05) is 39.3 Å². The monoisotopic (exact) mass is 833 g/mol. The maximum absolute atomic E-state index is 13.2. The Bertz CT molecular complexity index is 1740. The number of Topliss-reactive ketones (excluding diaryl/α,β-unsaturated/α-hetero) is 2. The number of benzene rings is 2. The van der Waals surface area contributed by atoms with Crippen LogP contribution in [0.25, 0.3) is 0 Å². The summed E-state index contributed by atoms with van der Waals surface area (Å²) in [6, 6.07) is 8.84. The minimum atomic E-state index is -1.30. The standard InChI is InChI=1S/C37H47N5O13S2/c1-21-3-8-26(9-4-21)54-33(47)16-14-31(45)30(42-32(46)15-13-29(39)37(52)53)20-57-56-19-23(17-25(44)7-12-28(38)36(50)51)35(49)40-18-34(48)55-27-10-5-24(6-11-27)41-22(2)43/h3-6,8-11,23,28-30H,7,12-20,38-39H2,1-2H3,(H,40,49)(H,41,43)(H,42,46)(H,50,51)(H,52,53). The first kappa shape index (κ1) is 47.8. The van der Waals surface area contributed by atoms with Crippen LogP contribution in [-0.2, 0) is 43.2 Å². The summed E-state index contributed by atoms with van der Waals surface area (Å²) in [6.45, 7) is 2.62. The van der Waals surface area contributed by atoms with E-state index in [2.05, 4.69) is 16.0 Å². The summed E-state index contributed by atoms with van der Waals surface area (Å²) in [7, 11) is 2.14. The summed E-state index contributed by atoms with van der Waals surface area (Å²) < 4.78 is 10.5. The van der Waals surface area contributed by atoms with Crippen LogP contribution in [0.3, 0.4) is 0 Å². The van der Waals surface area contributed by atoms with E-state index in [1.807, 2.05) is 6.92 Å². The number of amides is 3. The fourth-order valence-corrected chi connectivity index (χ4v) is 7.16. The predicted octanol–water partition coefficient (Wildman–Crippen LogP) is 1.76. The Morgan fingerprint density at radius 1 is 0.719 bits per heavy atom. The zero-order chi connectivity index (χ0) is 42.5. The lowest BCUT2D eigenvalue weighted by atomic mass is 9.99. The summed E-state index contributed by atoms with van der Waals surface area (Å²) in [6.07, 6.45) is -1.84. The molecule has 0 heterocycles. The van der Waals surface area contributed by atoms with E-state index in [-0.39, 0.29) is 73.9 Å². The third kappa shape index (κ3) is 19.9. The van der Waals surface area contributed by atoms with Gasteiger partial charge in [-0.05, 0) is 56.2 Å². The molecule has 0 aromatic heterocycles. The van der Waals surface area contributed by atoms with Gasteiger partial charge in [0.2, 0.25) is 17.7 Å².